The van der Waals surface area contributed by atoms with Crippen LogP contribution < -0.4 is 10.1 Å². The smallest absolute Gasteiger partial charge is 0.118 e. The first-order chi connectivity index (χ1) is 10.2. The molecule has 0 radical (unpaired) electrons. The Kier molecular flexibility index (Phi) is 5.83. The summed E-state index contributed by atoms with van der Waals surface area (Å²) in [6, 6.07) is 17.3. The molecule has 2 atom stereocenters. The first-order valence-corrected chi connectivity index (χ1v) is 8.09. The zero-order valence-electron chi connectivity index (χ0n) is 12.8. The zero-order valence-corrected chi connectivity index (χ0v) is 14.4. The fraction of sp³-hybridized carbons (Fsp3) is 0.333. The summed E-state index contributed by atoms with van der Waals surface area (Å²) in [7, 11) is 1.69. The highest BCUT2D eigenvalue weighted by Crippen LogP contribution is 2.27. The topological polar surface area (TPSA) is 21.3 Å². The molecular formula is C18H22BrNO. The molecule has 0 amide bonds. The molecule has 1 unspecified atom stereocenters. The monoisotopic (exact) mass is 347 g/mol. The van der Waals surface area contributed by atoms with Crippen LogP contribution in [0.1, 0.15) is 43.5 Å². The van der Waals surface area contributed by atoms with Crippen LogP contribution in [0.5, 0.6) is 5.75 Å². The van der Waals surface area contributed by atoms with Crippen molar-refractivity contribution in [2.45, 2.75) is 32.4 Å². The highest BCUT2D eigenvalue weighted by molar-refractivity contribution is 9.10. The third kappa shape index (κ3) is 4.08. The van der Waals surface area contributed by atoms with E-state index in [2.05, 4.69) is 65.4 Å². The predicted octanol–water partition coefficient (Wildman–Crippen LogP) is 5.26. The van der Waals surface area contributed by atoms with E-state index in [1.54, 1.807) is 7.11 Å². The van der Waals surface area contributed by atoms with E-state index >= 15 is 0 Å². The molecule has 2 nitrogen and oxygen atoms in total. The molecule has 21 heavy (non-hydrogen) atoms. The second kappa shape index (κ2) is 7.62. The largest absolute Gasteiger partial charge is 0.497 e. The van der Waals surface area contributed by atoms with E-state index in [0.29, 0.717) is 6.04 Å². The summed E-state index contributed by atoms with van der Waals surface area (Å²) in [5.41, 5.74) is 2.57. The van der Waals surface area contributed by atoms with Gasteiger partial charge in [-0.3, -0.25) is 0 Å². The van der Waals surface area contributed by atoms with Gasteiger partial charge in [0.05, 0.1) is 7.11 Å². The van der Waals surface area contributed by atoms with Crippen molar-refractivity contribution < 1.29 is 4.74 Å². The number of hydrogen-bond acceptors (Lipinski definition) is 2. The molecule has 0 bridgehead atoms. The SMILES string of the molecule is CCC(N[C@H](C)c1ccccc1Br)c1ccc(OC)cc1. The molecule has 1 N–H and O–H groups in total. The molecule has 0 aliphatic carbocycles. The van der Waals surface area contributed by atoms with Crippen LogP contribution in [-0.4, -0.2) is 7.11 Å². The Balaban J connectivity index is 2.13. The summed E-state index contributed by atoms with van der Waals surface area (Å²) in [6.07, 6.45) is 1.04. The van der Waals surface area contributed by atoms with Gasteiger partial charge < -0.3 is 10.1 Å². The molecule has 0 spiro atoms. The lowest BCUT2D eigenvalue weighted by atomic mass is 10.0. The van der Waals surface area contributed by atoms with Gasteiger partial charge in [-0.2, -0.15) is 0 Å². The van der Waals surface area contributed by atoms with Crippen molar-refractivity contribution in [3.8, 4) is 5.75 Å². The van der Waals surface area contributed by atoms with Crippen molar-refractivity contribution >= 4 is 15.9 Å². The Morgan fingerprint density at radius 1 is 1.10 bits per heavy atom. The van der Waals surface area contributed by atoms with E-state index in [1.807, 2.05) is 18.2 Å². The third-order valence-electron chi connectivity index (χ3n) is 3.75. The van der Waals surface area contributed by atoms with Gasteiger partial charge in [0.1, 0.15) is 5.75 Å². The number of nitrogens with one attached hydrogen (secondary N) is 1. The lowest BCUT2D eigenvalue weighted by Crippen LogP contribution is -2.24. The zero-order chi connectivity index (χ0) is 15.2. The molecule has 0 aliphatic rings. The van der Waals surface area contributed by atoms with E-state index in [9.17, 15) is 0 Å². The Morgan fingerprint density at radius 2 is 1.76 bits per heavy atom. The molecule has 0 saturated carbocycles. The summed E-state index contributed by atoms with van der Waals surface area (Å²) in [6.45, 7) is 4.40. The van der Waals surface area contributed by atoms with Gasteiger partial charge in [-0.05, 0) is 42.7 Å². The number of ether oxygens (including phenoxy) is 1. The molecule has 0 fully saturated rings. The van der Waals surface area contributed by atoms with E-state index in [1.165, 1.54) is 11.1 Å². The van der Waals surface area contributed by atoms with Crippen LogP contribution in [0.25, 0.3) is 0 Å². The minimum atomic E-state index is 0.285. The second-order valence-corrected chi connectivity index (χ2v) is 6.00. The molecule has 0 aliphatic heterocycles. The van der Waals surface area contributed by atoms with Crippen LogP contribution in [0, 0.1) is 0 Å². The highest BCUT2D eigenvalue weighted by Gasteiger charge is 2.15. The summed E-state index contributed by atoms with van der Waals surface area (Å²) < 4.78 is 6.37. The fourth-order valence-corrected chi connectivity index (χ4v) is 3.13. The average molecular weight is 348 g/mol. The lowest BCUT2D eigenvalue weighted by Gasteiger charge is -2.24. The van der Waals surface area contributed by atoms with E-state index in [0.717, 1.165) is 16.6 Å². The van der Waals surface area contributed by atoms with Crippen molar-refractivity contribution in [2.24, 2.45) is 0 Å². The summed E-state index contributed by atoms with van der Waals surface area (Å²) in [5, 5.41) is 3.71. The fourth-order valence-electron chi connectivity index (χ4n) is 2.50. The Hall–Kier alpha value is -1.32. The van der Waals surface area contributed by atoms with Crippen LogP contribution in [0.4, 0.5) is 0 Å². The van der Waals surface area contributed by atoms with Crippen molar-refractivity contribution in [2.75, 3.05) is 7.11 Å². The molecule has 0 heterocycles. The van der Waals surface area contributed by atoms with Crippen molar-refractivity contribution in [1.29, 1.82) is 0 Å². The predicted molar refractivity (Wildman–Crippen MR) is 91.7 cm³/mol. The van der Waals surface area contributed by atoms with Crippen molar-refractivity contribution in [3.63, 3.8) is 0 Å². The van der Waals surface area contributed by atoms with Crippen molar-refractivity contribution in [1.82, 2.24) is 5.32 Å². The molecule has 3 heteroatoms. The van der Waals surface area contributed by atoms with Gasteiger partial charge in [0.25, 0.3) is 0 Å². The number of hydrogen-bond donors (Lipinski definition) is 1. The molecule has 112 valence electrons. The second-order valence-electron chi connectivity index (χ2n) is 5.14. The van der Waals surface area contributed by atoms with E-state index < -0.39 is 0 Å². The van der Waals surface area contributed by atoms with Gasteiger partial charge in [-0.1, -0.05) is 53.2 Å². The van der Waals surface area contributed by atoms with Gasteiger partial charge in [0.15, 0.2) is 0 Å². The maximum absolute atomic E-state index is 5.22. The van der Waals surface area contributed by atoms with Gasteiger partial charge in [0, 0.05) is 16.6 Å². The Bertz CT molecular complexity index is 568. The van der Waals surface area contributed by atoms with Crippen LogP contribution in [0.2, 0.25) is 0 Å². The number of benzene rings is 2. The number of rotatable bonds is 6. The summed E-state index contributed by atoms with van der Waals surface area (Å²) >= 11 is 3.63. The van der Waals surface area contributed by atoms with Crippen LogP contribution >= 0.6 is 15.9 Å². The molecular weight excluding hydrogens is 326 g/mol. The minimum Gasteiger partial charge on any atom is -0.497 e. The molecule has 2 aromatic carbocycles. The van der Waals surface area contributed by atoms with Gasteiger partial charge in [0.2, 0.25) is 0 Å². The van der Waals surface area contributed by atoms with Gasteiger partial charge in [-0.25, -0.2) is 0 Å². The minimum absolute atomic E-state index is 0.285. The van der Waals surface area contributed by atoms with E-state index in [-0.39, 0.29) is 6.04 Å². The summed E-state index contributed by atoms with van der Waals surface area (Å²) in [4.78, 5) is 0. The Labute approximate surface area is 135 Å². The molecule has 2 aromatic rings. The van der Waals surface area contributed by atoms with Gasteiger partial charge >= 0.3 is 0 Å². The van der Waals surface area contributed by atoms with Crippen LogP contribution in [0.3, 0.4) is 0 Å². The summed E-state index contributed by atoms with van der Waals surface area (Å²) in [5.74, 6) is 0.896. The van der Waals surface area contributed by atoms with Crippen molar-refractivity contribution in [3.05, 3.63) is 64.1 Å². The number of methoxy groups -OCH3 is 1. The Morgan fingerprint density at radius 3 is 2.33 bits per heavy atom. The molecule has 2 rings (SSSR count). The third-order valence-corrected chi connectivity index (χ3v) is 4.47. The normalized spacial score (nSPS) is 13.7. The molecule has 0 aromatic heterocycles. The van der Waals surface area contributed by atoms with Gasteiger partial charge in [-0.15, -0.1) is 0 Å². The average Bonchev–Trinajstić information content (AvgIpc) is 2.53. The maximum Gasteiger partial charge on any atom is 0.118 e. The quantitative estimate of drug-likeness (QED) is 0.769. The standard InChI is InChI=1S/C18H22BrNO/c1-4-18(14-9-11-15(21-3)12-10-14)20-13(2)16-7-5-6-8-17(16)19/h5-13,18,20H,4H2,1-3H3/t13-,18?/m1/s1. The maximum atomic E-state index is 5.22. The first kappa shape index (κ1) is 16.1. The lowest BCUT2D eigenvalue weighted by molar-refractivity contribution is 0.413. The highest BCUT2D eigenvalue weighted by atomic mass is 79.9. The van der Waals surface area contributed by atoms with Crippen LogP contribution in [-0.2, 0) is 0 Å². The first-order valence-electron chi connectivity index (χ1n) is 7.30. The van der Waals surface area contributed by atoms with Crippen LogP contribution in [0.15, 0.2) is 53.0 Å². The molecule has 0 saturated heterocycles. The van der Waals surface area contributed by atoms with E-state index in [4.69, 9.17) is 4.74 Å². The number of halogens is 1.